The Balaban J connectivity index is 2.05. The Morgan fingerprint density at radius 3 is 2.94 bits per heavy atom. The van der Waals surface area contributed by atoms with Crippen molar-refractivity contribution in [2.45, 2.75) is 31.8 Å². The molecule has 0 aromatic heterocycles. The van der Waals surface area contributed by atoms with E-state index >= 15 is 0 Å². The number of rotatable bonds is 3. The van der Waals surface area contributed by atoms with Crippen molar-refractivity contribution >= 4 is 15.9 Å². The highest BCUT2D eigenvalue weighted by atomic mass is 79.9. The fraction of sp³-hybridized carbons (Fsp3) is 0.538. The van der Waals surface area contributed by atoms with Gasteiger partial charge in [-0.15, -0.1) is 0 Å². The Kier molecular flexibility index (Phi) is 4.54. The van der Waals surface area contributed by atoms with E-state index in [2.05, 4.69) is 20.8 Å². The van der Waals surface area contributed by atoms with Gasteiger partial charge in [-0.05, 0) is 53.0 Å². The van der Waals surface area contributed by atoms with E-state index in [-0.39, 0.29) is 5.82 Å². The van der Waals surface area contributed by atoms with Crippen molar-refractivity contribution in [1.82, 2.24) is 4.90 Å². The van der Waals surface area contributed by atoms with Crippen LogP contribution in [0, 0.1) is 5.82 Å². The summed E-state index contributed by atoms with van der Waals surface area (Å²) in [6, 6.07) is 5.70. The monoisotopic (exact) mass is 300 g/mol. The van der Waals surface area contributed by atoms with Gasteiger partial charge in [0.1, 0.15) is 5.82 Å². The van der Waals surface area contributed by atoms with Crippen LogP contribution in [0.1, 0.15) is 24.8 Å². The molecule has 1 atom stereocenters. The van der Waals surface area contributed by atoms with E-state index in [9.17, 15) is 4.39 Å². The smallest absolute Gasteiger partial charge is 0.137 e. The first-order valence-electron chi connectivity index (χ1n) is 6.08. The fourth-order valence-corrected chi connectivity index (χ4v) is 2.83. The van der Waals surface area contributed by atoms with Crippen LogP contribution in [0.25, 0.3) is 0 Å². The first-order valence-corrected chi connectivity index (χ1v) is 6.88. The van der Waals surface area contributed by atoms with Crippen molar-refractivity contribution in [2.24, 2.45) is 5.73 Å². The third kappa shape index (κ3) is 3.27. The lowest BCUT2D eigenvalue weighted by Gasteiger charge is -2.35. The van der Waals surface area contributed by atoms with Gasteiger partial charge in [0.2, 0.25) is 0 Å². The molecule has 1 heterocycles. The van der Waals surface area contributed by atoms with E-state index in [0.29, 0.717) is 17.1 Å². The van der Waals surface area contributed by atoms with E-state index < -0.39 is 0 Å². The minimum absolute atomic E-state index is 0.206. The lowest BCUT2D eigenvalue weighted by atomic mass is 10.0. The Morgan fingerprint density at radius 1 is 1.41 bits per heavy atom. The molecule has 0 saturated carbocycles. The molecule has 1 unspecified atom stereocenters. The highest BCUT2D eigenvalue weighted by Gasteiger charge is 2.21. The van der Waals surface area contributed by atoms with Crippen LogP contribution >= 0.6 is 15.9 Å². The molecule has 1 fully saturated rings. The molecule has 2 nitrogen and oxygen atoms in total. The highest BCUT2D eigenvalue weighted by molar-refractivity contribution is 9.10. The van der Waals surface area contributed by atoms with E-state index in [0.717, 1.165) is 18.7 Å². The van der Waals surface area contributed by atoms with Crippen LogP contribution in [0.4, 0.5) is 4.39 Å². The van der Waals surface area contributed by atoms with Gasteiger partial charge in [-0.25, -0.2) is 4.39 Å². The van der Waals surface area contributed by atoms with Crippen molar-refractivity contribution in [3.05, 3.63) is 34.1 Å². The van der Waals surface area contributed by atoms with Gasteiger partial charge in [0, 0.05) is 19.1 Å². The summed E-state index contributed by atoms with van der Waals surface area (Å²) >= 11 is 3.22. The topological polar surface area (TPSA) is 29.3 Å². The molecule has 1 aromatic carbocycles. The molecule has 1 aliphatic heterocycles. The Hall–Kier alpha value is -0.450. The van der Waals surface area contributed by atoms with Gasteiger partial charge >= 0.3 is 0 Å². The molecule has 0 aliphatic carbocycles. The second kappa shape index (κ2) is 5.94. The molecule has 17 heavy (non-hydrogen) atoms. The van der Waals surface area contributed by atoms with E-state index in [1.165, 1.54) is 25.3 Å². The maximum atomic E-state index is 13.1. The predicted molar refractivity (Wildman–Crippen MR) is 71.2 cm³/mol. The maximum absolute atomic E-state index is 13.1. The van der Waals surface area contributed by atoms with Crippen molar-refractivity contribution in [3.63, 3.8) is 0 Å². The minimum atomic E-state index is -0.206. The van der Waals surface area contributed by atoms with Crippen molar-refractivity contribution in [3.8, 4) is 0 Å². The van der Waals surface area contributed by atoms with Gasteiger partial charge in [0.05, 0.1) is 4.47 Å². The summed E-state index contributed by atoms with van der Waals surface area (Å²) in [4.78, 5) is 2.41. The molecular weight excluding hydrogens is 283 g/mol. The summed E-state index contributed by atoms with van der Waals surface area (Å²) in [6.45, 7) is 2.67. The Morgan fingerprint density at radius 2 is 2.24 bits per heavy atom. The summed E-state index contributed by atoms with van der Waals surface area (Å²) in [7, 11) is 0. The minimum Gasteiger partial charge on any atom is -0.329 e. The third-order valence-corrected chi connectivity index (χ3v) is 4.00. The molecule has 0 bridgehead atoms. The molecule has 4 heteroatoms. The number of likely N-dealkylation sites (tertiary alicyclic amines) is 1. The summed E-state index contributed by atoms with van der Waals surface area (Å²) in [6.07, 6.45) is 3.68. The molecule has 2 rings (SSSR count). The normalized spacial score (nSPS) is 21.7. The lowest BCUT2D eigenvalue weighted by molar-refractivity contribution is 0.145. The van der Waals surface area contributed by atoms with Gasteiger partial charge in [-0.1, -0.05) is 12.5 Å². The zero-order valence-electron chi connectivity index (χ0n) is 9.83. The average molecular weight is 301 g/mol. The van der Waals surface area contributed by atoms with Crippen LogP contribution < -0.4 is 5.73 Å². The molecule has 1 saturated heterocycles. The summed E-state index contributed by atoms with van der Waals surface area (Å²) in [5, 5.41) is 0. The first kappa shape index (κ1) is 13.0. The molecule has 0 radical (unpaired) electrons. The van der Waals surface area contributed by atoms with Gasteiger partial charge in [-0.3, -0.25) is 4.90 Å². The summed E-state index contributed by atoms with van der Waals surface area (Å²) in [5.41, 5.74) is 6.93. The second-order valence-electron chi connectivity index (χ2n) is 4.60. The van der Waals surface area contributed by atoms with Crippen LogP contribution in [0.2, 0.25) is 0 Å². The largest absolute Gasteiger partial charge is 0.329 e. The number of hydrogen-bond donors (Lipinski definition) is 1. The van der Waals surface area contributed by atoms with Crippen molar-refractivity contribution in [2.75, 3.05) is 13.1 Å². The molecule has 1 aliphatic rings. The lowest BCUT2D eigenvalue weighted by Crippen LogP contribution is -2.43. The molecule has 2 N–H and O–H groups in total. The van der Waals surface area contributed by atoms with Crippen LogP contribution in [-0.2, 0) is 6.54 Å². The average Bonchev–Trinajstić information content (AvgIpc) is 2.34. The SMILES string of the molecule is NCC1CCCCN1Cc1ccc(F)c(Br)c1. The van der Waals surface area contributed by atoms with Crippen LogP contribution in [0.15, 0.2) is 22.7 Å². The third-order valence-electron chi connectivity index (χ3n) is 3.39. The van der Waals surface area contributed by atoms with Gasteiger partial charge in [0.25, 0.3) is 0 Å². The second-order valence-corrected chi connectivity index (χ2v) is 5.46. The molecule has 0 spiro atoms. The number of benzene rings is 1. The number of halogens is 2. The molecule has 94 valence electrons. The van der Waals surface area contributed by atoms with E-state index in [1.807, 2.05) is 12.1 Å². The summed E-state index contributed by atoms with van der Waals surface area (Å²) < 4.78 is 13.7. The Labute approximate surface area is 110 Å². The van der Waals surface area contributed by atoms with Crippen molar-refractivity contribution < 1.29 is 4.39 Å². The van der Waals surface area contributed by atoms with E-state index in [1.54, 1.807) is 0 Å². The zero-order chi connectivity index (χ0) is 12.3. The molecular formula is C13H18BrFN2. The highest BCUT2D eigenvalue weighted by Crippen LogP contribution is 2.22. The molecule has 0 amide bonds. The predicted octanol–water partition coefficient (Wildman–Crippen LogP) is 2.90. The molecule has 1 aromatic rings. The van der Waals surface area contributed by atoms with Gasteiger partial charge < -0.3 is 5.73 Å². The van der Waals surface area contributed by atoms with E-state index in [4.69, 9.17) is 5.73 Å². The van der Waals surface area contributed by atoms with Gasteiger partial charge in [0.15, 0.2) is 0 Å². The number of piperidine rings is 1. The quantitative estimate of drug-likeness (QED) is 0.930. The number of nitrogens with two attached hydrogens (primary N) is 1. The number of nitrogens with zero attached hydrogens (tertiary/aromatic N) is 1. The van der Waals surface area contributed by atoms with Gasteiger partial charge in [-0.2, -0.15) is 0 Å². The van der Waals surface area contributed by atoms with Crippen LogP contribution in [-0.4, -0.2) is 24.0 Å². The zero-order valence-corrected chi connectivity index (χ0v) is 11.4. The first-order chi connectivity index (χ1) is 8.20. The number of hydrogen-bond acceptors (Lipinski definition) is 2. The Bertz CT molecular complexity index is 384. The van der Waals surface area contributed by atoms with Crippen LogP contribution in [0.3, 0.4) is 0 Å². The summed E-state index contributed by atoms with van der Waals surface area (Å²) in [5.74, 6) is -0.206. The van der Waals surface area contributed by atoms with Crippen LogP contribution in [0.5, 0.6) is 0 Å². The maximum Gasteiger partial charge on any atom is 0.137 e. The standard InChI is InChI=1S/C13H18BrFN2/c14-12-7-10(4-5-13(12)15)9-17-6-2-1-3-11(17)8-16/h4-5,7,11H,1-3,6,8-9,16H2. The van der Waals surface area contributed by atoms with Crippen molar-refractivity contribution in [1.29, 1.82) is 0 Å². The fourth-order valence-electron chi connectivity index (χ4n) is 2.41.